The average Bonchev–Trinajstić information content (AvgIpc) is 2.74. The monoisotopic (exact) mass is 335 g/mol. The summed E-state index contributed by atoms with van der Waals surface area (Å²) in [6.45, 7) is 13.1. The summed E-state index contributed by atoms with van der Waals surface area (Å²) in [5.74, 6) is 0.855. The molecule has 3 nitrogen and oxygen atoms in total. The van der Waals surface area contributed by atoms with Crippen LogP contribution in [0, 0.1) is 0 Å². The molecule has 2 aromatic heterocycles. The summed E-state index contributed by atoms with van der Waals surface area (Å²) in [6, 6.07) is 6.18. The van der Waals surface area contributed by atoms with Crippen molar-refractivity contribution in [3.8, 4) is 5.82 Å². The molecule has 2 aromatic rings. The molecular weight excluding hydrogens is 314 g/mol. The van der Waals surface area contributed by atoms with Gasteiger partial charge in [-0.25, -0.2) is 9.67 Å². The Hall–Kier alpha value is -1.16. The van der Waals surface area contributed by atoms with Gasteiger partial charge in [0.15, 0.2) is 5.82 Å². The fourth-order valence-corrected chi connectivity index (χ4v) is 2.18. The summed E-state index contributed by atoms with van der Waals surface area (Å²) < 4.78 is 2.94. The molecule has 0 aliphatic rings. The number of rotatable bonds is 1. The Bertz CT molecular complexity index is 598. The van der Waals surface area contributed by atoms with Gasteiger partial charge < -0.3 is 0 Å². The lowest BCUT2D eigenvalue weighted by atomic mass is 9.88. The van der Waals surface area contributed by atoms with Crippen molar-refractivity contribution >= 4 is 15.9 Å². The van der Waals surface area contributed by atoms with Crippen molar-refractivity contribution in [3.05, 3.63) is 40.3 Å². The SMILES string of the molecule is CC(C)(C)c1cc(C(C)(C)C)n(-c2ccc(Br)cn2)n1. The van der Waals surface area contributed by atoms with E-state index in [4.69, 9.17) is 5.10 Å². The molecule has 0 bridgehead atoms. The number of halogens is 1. The first-order chi connectivity index (χ1) is 9.09. The molecule has 0 amide bonds. The molecule has 2 heterocycles. The van der Waals surface area contributed by atoms with Crippen molar-refractivity contribution in [1.29, 1.82) is 0 Å². The van der Waals surface area contributed by atoms with E-state index in [1.54, 1.807) is 6.20 Å². The van der Waals surface area contributed by atoms with Crippen LogP contribution in [0.3, 0.4) is 0 Å². The lowest BCUT2D eigenvalue weighted by molar-refractivity contribution is 0.534. The molecular formula is C16H22BrN3. The van der Waals surface area contributed by atoms with Gasteiger partial charge in [0.05, 0.1) is 11.4 Å². The van der Waals surface area contributed by atoms with Crippen LogP contribution in [-0.2, 0) is 10.8 Å². The maximum Gasteiger partial charge on any atom is 0.153 e. The Morgan fingerprint density at radius 3 is 2.10 bits per heavy atom. The van der Waals surface area contributed by atoms with E-state index in [1.807, 2.05) is 16.8 Å². The van der Waals surface area contributed by atoms with Gasteiger partial charge in [-0.2, -0.15) is 5.10 Å². The van der Waals surface area contributed by atoms with Gasteiger partial charge in [0.25, 0.3) is 0 Å². The van der Waals surface area contributed by atoms with Crippen molar-refractivity contribution in [2.45, 2.75) is 52.4 Å². The second kappa shape index (κ2) is 4.99. The first-order valence-corrected chi connectivity index (χ1v) is 7.61. The minimum Gasteiger partial charge on any atom is -0.236 e. The molecule has 108 valence electrons. The normalized spacial score (nSPS) is 12.8. The zero-order chi connectivity index (χ0) is 15.1. The Morgan fingerprint density at radius 1 is 1.00 bits per heavy atom. The van der Waals surface area contributed by atoms with Crippen molar-refractivity contribution < 1.29 is 0 Å². The highest BCUT2D eigenvalue weighted by Gasteiger charge is 2.26. The lowest BCUT2D eigenvalue weighted by Gasteiger charge is -2.19. The van der Waals surface area contributed by atoms with Gasteiger partial charge in [-0.05, 0) is 34.1 Å². The van der Waals surface area contributed by atoms with Crippen molar-refractivity contribution in [2.75, 3.05) is 0 Å². The second-order valence-corrected chi connectivity index (χ2v) is 8.08. The van der Waals surface area contributed by atoms with E-state index in [9.17, 15) is 0 Å². The summed E-state index contributed by atoms with van der Waals surface area (Å²) in [7, 11) is 0. The first kappa shape index (κ1) is 15.2. The Kier molecular flexibility index (Phi) is 3.80. The van der Waals surface area contributed by atoms with Crippen LogP contribution < -0.4 is 0 Å². The van der Waals surface area contributed by atoms with Crippen LogP contribution in [0.15, 0.2) is 28.9 Å². The van der Waals surface area contributed by atoms with E-state index in [-0.39, 0.29) is 10.8 Å². The lowest BCUT2D eigenvalue weighted by Crippen LogP contribution is -2.18. The minimum atomic E-state index is 0.0191. The van der Waals surface area contributed by atoms with Gasteiger partial charge in [0, 0.05) is 21.5 Å². The van der Waals surface area contributed by atoms with E-state index in [0.29, 0.717) is 0 Å². The Labute approximate surface area is 129 Å². The maximum atomic E-state index is 4.79. The van der Waals surface area contributed by atoms with Crippen LogP contribution in [0.25, 0.3) is 5.82 Å². The molecule has 4 heteroatoms. The second-order valence-electron chi connectivity index (χ2n) is 7.16. The highest BCUT2D eigenvalue weighted by Crippen LogP contribution is 2.30. The van der Waals surface area contributed by atoms with E-state index < -0.39 is 0 Å². The molecule has 0 aromatic carbocycles. The fourth-order valence-electron chi connectivity index (χ4n) is 1.95. The molecule has 0 saturated carbocycles. The molecule has 0 radical (unpaired) electrons. The predicted molar refractivity (Wildman–Crippen MR) is 86.5 cm³/mol. The number of hydrogen-bond donors (Lipinski definition) is 0. The summed E-state index contributed by atoms with van der Waals surface area (Å²) in [5, 5.41) is 4.79. The highest BCUT2D eigenvalue weighted by molar-refractivity contribution is 9.10. The van der Waals surface area contributed by atoms with E-state index in [1.165, 1.54) is 5.69 Å². The zero-order valence-corrected chi connectivity index (χ0v) is 14.6. The molecule has 0 aliphatic carbocycles. The molecule has 0 saturated heterocycles. The number of hydrogen-bond acceptors (Lipinski definition) is 2. The smallest absolute Gasteiger partial charge is 0.153 e. The van der Waals surface area contributed by atoms with Crippen LogP contribution in [0.1, 0.15) is 52.9 Å². The third kappa shape index (κ3) is 3.11. The van der Waals surface area contributed by atoms with Gasteiger partial charge in [-0.3, -0.25) is 0 Å². The quantitative estimate of drug-likeness (QED) is 0.760. The largest absolute Gasteiger partial charge is 0.236 e. The molecule has 0 unspecified atom stereocenters. The van der Waals surface area contributed by atoms with Gasteiger partial charge in [0.2, 0.25) is 0 Å². The van der Waals surface area contributed by atoms with Crippen molar-refractivity contribution in [2.24, 2.45) is 0 Å². The van der Waals surface area contributed by atoms with Crippen LogP contribution >= 0.6 is 15.9 Å². The van der Waals surface area contributed by atoms with Gasteiger partial charge >= 0.3 is 0 Å². The van der Waals surface area contributed by atoms with Gasteiger partial charge in [0.1, 0.15) is 0 Å². The molecule has 2 rings (SSSR count). The fraction of sp³-hybridized carbons (Fsp3) is 0.500. The van der Waals surface area contributed by atoms with E-state index in [0.717, 1.165) is 16.0 Å². The van der Waals surface area contributed by atoms with E-state index in [2.05, 4.69) is 68.5 Å². The summed E-state index contributed by atoms with van der Waals surface area (Å²) >= 11 is 3.42. The van der Waals surface area contributed by atoms with Crippen LogP contribution in [0.2, 0.25) is 0 Å². The summed E-state index contributed by atoms with van der Waals surface area (Å²) in [6.07, 6.45) is 1.81. The third-order valence-corrected chi connectivity index (χ3v) is 3.64. The first-order valence-electron chi connectivity index (χ1n) is 6.82. The predicted octanol–water partition coefficient (Wildman–Crippen LogP) is 4.62. The zero-order valence-electron chi connectivity index (χ0n) is 13.0. The molecule has 0 fully saturated rings. The standard InChI is InChI=1S/C16H22BrN3/c1-15(2,3)12-9-13(16(4,5)6)20(19-12)14-8-7-11(17)10-18-14/h7-10H,1-6H3. The van der Waals surface area contributed by atoms with E-state index >= 15 is 0 Å². The Balaban J connectivity index is 2.62. The van der Waals surface area contributed by atoms with Crippen molar-refractivity contribution in [3.63, 3.8) is 0 Å². The van der Waals surface area contributed by atoms with Crippen LogP contribution in [0.4, 0.5) is 0 Å². The Morgan fingerprint density at radius 2 is 1.65 bits per heavy atom. The average molecular weight is 336 g/mol. The molecule has 0 aliphatic heterocycles. The summed E-state index contributed by atoms with van der Waals surface area (Å²) in [5.41, 5.74) is 2.32. The third-order valence-electron chi connectivity index (χ3n) is 3.17. The number of nitrogens with zero attached hydrogens (tertiary/aromatic N) is 3. The summed E-state index contributed by atoms with van der Waals surface area (Å²) in [4.78, 5) is 4.47. The topological polar surface area (TPSA) is 30.7 Å². The van der Waals surface area contributed by atoms with Crippen LogP contribution in [0.5, 0.6) is 0 Å². The molecule has 0 N–H and O–H groups in total. The van der Waals surface area contributed by atoms with Crippen molar-refractivity contribution in [1.82, 2.24) is 14.8 Å². The maximum absolute atomic E-state index is 4.79. The molecule has 0 spiro atoms. The molecule has 20 heavy (non-hydrogen) atoms. The molecule has 0 atom stereocenters. The van der Waals surface area contributed by atoms with Crippen LogP contribution in [-0.4, -0.2) is 14.8 Å². The minimum absolute atomic E-state index is 0.0191. The number of aromatic nitrogens is 3. The number of pyridine rings is 1. The van der Waals surface area contributed by atoms with Gasteiger partial charge in [-0.15, -0.1) is 0 Å². The highest BCUT2D eigenvalue weighted by atomic mass is 79.9. The van der Waals surface area contributed by atoms with Gasteiger partial charge in [-0.1, -0.05) is 41.5 Å².